The quantitative estimate of drug-likeness (QED) is 0.900. The second-order valence-electron chi connectivity index (χ2n) is 5.64. The SMILES string of the molecule is CC(C)C1(Cc2nnnn2-c2ccccc2)CNC1. The lowest BCUT2D eigenvalue weighted by atomic mass is 9.69. The molecule has 5 nitrogen and oxygen atoms in total. The minimum Gasteiger partial charge on any atom is -0.315 e. The van der Waals surface area contributed by atoms with Gasteiger partial charge in [0, 0.05) is 24.9 Å². The van der Waals surface area contributed by atoms with E-state index in [0.717, 1.165) is 31.0 Å². The van der Waals surface area contributed by atoms with Gasteiger partial charge in [0.2, 0.25) is 0 Å². The molecule has 0 amide bonds. The Labute approximate surface area is 113 Å². The first kappa shape index (κ1) is 12.3. The summed E-state index contributed by atoms with van der Waals surface area (Å²) in [4.78, 5) is 0. The zero-order chi connectivity index (χ0) is 13.3. The van der Waals surface area contributed by atoms with Crippen molar-refractivity contribution in [3.05, 3.63) is 36.2 Å². The van der Waals surface area contributed by atoms with E-state index in [4.69, 9.17) is 0 Å². The molecule has 0 bridgehead atoms. The zero-order valence-corrected chi connectivity index (χ0v) is 11.4. The van der Waals surface area contributed by atoms with Gasteiger partial charge in [-0.3, -0.25) is 0 Å². The molecule has 0 radical (unpaired) electrons. The lowest BCUT2D eigenvalue weighted by molar-refractivity contribution is 0.0959. The van der Waals surface area contributed by atoms with Gasteiger partial charge < -0.3 is 5.32 Å². The molecule has 1 aliphatic rings. The molecule has 0 saturated carbocycles. The van der Waals surface area contributed by atoms with Gasteiger partial charge in [0.05, 0.1) is 5.69 Å². The molecule has 0 unspecified atom stereocenters. The van der Waals surface area contributed by atoms with E-state index in [0.29, 0.717) is 11.3 Å². The first-order chi connectivity index (χ1) is 9.21. The van der Waals surface area contributed by atoms with E-state index in [1.165, 1.54) is 0 Å². The smallest absolute Gasteiger partial charge is 0.157 e. The fourth-order valence-electron chi connectivity index (χ4n) is 2.58. The Hall–Kier alpha value is -1.75. The maximum absolute atomic E-state index is 4.22. The highest BCUT2D eigenvalue weighted by atomic mass is 15.5. The van der Waals surface area contributed by atoms with Gasteiger partial charge in [-0.15, -0.1) is 5.10 Å². The van der Waals surface area contributed by atoms with E-state index in [-0.39, 0.29) is 0 Å². The van der Waals surface area contributed by atoms with Crippen LogP contribution in [-0.2, 0) is 6.42 Å². The maximum atomic E-state index is 4.22. The molecule has 0 aliphatic carbocycles. The maximum Gasteiger partial charge on any atom is 0.157 e. The Balaban J connectivity index is 1.89. The minimum absolute atomic E-state index is 0.293. The predicted molar refractivity (Wildman–Crippen MR) is 73.0 cm³/mol. The van der Waals surface area contributed by atoms with Gasteiger partial charge in [-0.2, -0.15) is 4.68 Å². The molecular formula is C14H19N5. The lowest BCUT2D eigenvalue weighted by Gasteiger charge is -2.45. The summed E-state index contributed by atoms with van der Waals surface area (Å²) in [6.45, 7) is 6.65. The van der Waals surface area contributed by atoms with Crippen LogP contribution in [0.25, 0.3) is 5.69 Å². The molecule has 19 heavy (non-hydrogen) atoms. The number of nitrogens with zero attached hydrogens (tertiary/aromatic N) is 4. The standard InChI is InChI=1S/C14H19N5/c1-11(2)14(9-15-10-14)8-13-16-17-18-19(13)12-6-4-3-5-7-12/h3-7,11,15H,8-10H2,1-2H3. The van der Waals surface area contributed by atoms with Gasteiger partial charge in [0.15, 0.2) is 5.82 Å². The molecule has 1 aromatic carbocycles. The van der Waals surface area contributed by atoms with Gasteiger partial charge in [0.25, 0.3) is 0 Å². The summed E-state index contributed by atoms with van der Waals surface area (Å²) >= 11 is 0. The van der Waals surface area contributed by atoms with E-state index in [1.54, 1.807) is 0 Å². The summed E-state index contributed by atoms with van der Waals surface area (Å²) in [6.07, 6.45) is 0.916. The Morgan fingerprint density at radius 3 is 2.58 bits per heavy atom. The number of rotatable bonds is 4. The van der Waals surface area contributed by atoms with Crippen molar-refractivity contribution >= 4 is 0 Å². The van der Waals surface area contributed by atoms with Crippen molar-refractivity contribution in [2.24, 2.45) is 11.3 Å². The van der Waals surface area contributed by atoms with Crippen molar-refractivity contribution < 1.29 is 0 Å². The predicted octanol–water partition coefficient (Wildman–Crippen LogP) is 1.45. The van der Waals surface area contributed by atoms with Crippen molar-refractivity contribution in [2.75, 3.05) is 13.1 Å². The molecule has 1 aromatic heterocycles. The molecule has 1 aliphatic heterocycles. The van der Waals surface area contributed by atoms with Crippen LogP contribution in [0.4, 0.5) is 0 Å². The number of hydrogen-bond donors (Lipinski definition) is 1. The summed E-state index contributed by atoms with van der Waals surface area (Å²) in [5, 5.41) is 15.6. The van der Waals surface area contributed by atoms with E-state index >= 15 is 0 Å². The molecule has 0 spiro atoms. The van der Waals surface area contributed by atoms with Crippen molar-refractivity contribution in [1.29, 1.82) is 0 Å². The molecule has 2 heterocycles. The highest BCUT2D eigenvalue weighted by Gasteiger charge is 2.41. The molecule has 1 saturated heterocycles. The number of benzene rings is 1. The number of hydrogen-bond acceptors (Lipinski definition) is 4. The normalized spacial score (nSPS) is 17.4. The monoisotopic (exact) mass is 257 g/mol. The van der Waals surface area contributed by atoms with Crippen LogP contribution in [0.2, 0.25) is 0 Å². The molecule has 0 atom stereocenters. The van der Waals surface area contributed by atoms with Crippen LogP contribution >= 0.6 is 0 Å². The molecule has 1 fully saturated rings. The fourth-order valence-corrected chi connectivity index (χ4v) is 2.58. The van der Waals surface area contributed by atoms with Crippen LogP contribution in [-0.4, -0.2) is 33.3 Å². The lowest BCUT2D eigenvalue weighted by Crippen LogP contribution is -2.57. The minimum atomic E-state index is 0.293. The number of aromatic nitrogens is 4. The molecule has 2 aromatic rings. The second-order valence-corrected chi connectivity index (χ2v) is 5.64. The van der Waals surface area contributed by atoms with Crippen LogP contribution in [0.3, 0.4) is 0 Å². The third-order valence-electron chi connectivity index (χ3n) is 4.22. The molecule has 5 heteroatoms. The Bertz CT molecular complexity index is 542. The summed E-state index contributed by atoms with van der Waals surface area (Å²) in [7, 11) is 0. The molecule has 100 valence electrons. The largest absolute Gasteiger partial charge is 0.315 e. The molecular weight excluding hydrogens is 238 g/mol. The number of para-hydroxylation sites is 1. The Morgan fingerprint density at radius 2 is 2.00 bits per heavy atom. The highest BCUT2D eigenvalue weighted by Crippen LogP contribution is 2.35. The topological polar surface area (TPSA) is 55.6 Å². The Kier molecular flexibility index (Phi) is 3.06. The van der Waals surface area contributed by atoms with Crippen molar-refractivity contribution in [3.8, 4) is 5.69 Å². The molecule has 3 rings (SSSR count). The van der Waals surface area contributed by atoms with Crippen LogP contribution in [0.5, 0.6) is 0 Å². The highest BCUT2D eigenvalue weighted by molar-refractivity contribution is 5.30. The Morgan fingerprint density at radius 1 is 1.26 bits per heavy atom. The average Bonchev–Trinajstić information content (AvgIpc) is 2.82. The van der Waals surface area contributed by atoms with Crippen LogP contribution in [0.1, 0.15) is 19.7 Å². The summed E-state index contributed by atoms with van der Waals surface area (Å²) in [6, 6.07) is 10.1. The third-order valence-corrected chi connectivity index (χ3v) is 4.22. The summed E-state index contributed by atoms with van der Waals surface area (Å²) in [5.41, 5.74) is 1.31. The van der Waals surface area contributed by atoms with E-state index < -0.39 is 0 Å². The second kappa shape index (κ2) is 4.74. The van der Waals surface area contributed by atoms with E-state index in [2.05, 4.69) is 34.7 Å². The van der Waals surface area contributed by atoms with Crippen LogP contribution in [0, 0.1) is 11.3 Å². The van der Waals surface area contributed by atoms with Crippen LogP contribution < -0.4 is 5.32 Å². The third kappa shape index (κ3) is 2.14. The van der Waals surface area contributed by atoms with Crippen LogP contribution in [0.15, 0.2) is 30.3 Å². The average molecular weight is 257 g/mol. The molecule has 1 N–H and O–H groups in total. The van der Waals surface area contributed by atoms with Gasteiger partial charge in [-0.25, -0.2) is 0 Å². The van der Waals surface area contributed by atoms with Gasteiger partial charge in [-0.1, -0.05) is 32.0 Å². The fraction of sp³-hybridized carbons (Fsp3) is 0.500. The first-order valence-corrected chi connectivity index (χ1v) is 6.75. The summed E-state index contributed by atoms with van der Waals surface area (Å²) < 4.78 is 1.85. The first-order valence-electron chi connectivity index (χ1n) is 6.75. The van der Waals surface area contributed by atoms with Crippen molar-refractivity contribution in [3.63, 3.8) is 0 Å². The van der Waals surface area contributed by atoms with Gasteiger partial charge >= 0.3 is 0 Å². The number of tetrazole rings is 1. The van der Waals surface area contributed by atoms with Gasteiger partial charge in [0.1, 0.15) is 0 Å². The van der Waals surface area contributed by atoms with E-state index in [1.807, 2.05) is 35.0 Å². The summed E-state index contributed by atoms with van der Waals surface area (Å²) in [5.74, 6) is 1.57. The van der Waals surface area contributed by atoms with E-state index in [9.17, 15) is 0 Å². The van der Waals surface area contributed by atoms with Gasteiger partial charge in [-0.05, 0) is 28.5 Å². The van der Waals surface area contributed by atoms with Crippen molar-refractivity contribution in [1.82, 2.24) is 25.5 Å². The van der Waals surface area contributed by atoms with Crippen molar-refractivity contribution in [2.45, 2.75) is 20.3 Å². The number of nitrogens with one attached hydrogen (secondary N) is 1. The zero-order valence-electron chi connectivity index (χ0n) is 11.4.